The molecule has 5 rings (SSSR count). The van der Waals surface area contributed by atoms with Gasteiger partial charge in [-0.3, -0.25) is 4.79 Å². The molecule has 0 bridgehead atoms. The molecule has 1 saturated carbocycles. The van der Waals surface area contributed by atoms with Crippen molar-refractivity contribution in [3.63, 3.8) is 0 Å². The van der Waals surface area contributed by atoms with Crippen LogP contribution in [-0.2, 0) is 14.8 Å². The number of rotatable bonds is 3. The monoisotopic (exact) mass is 394 g/mol. The van der Waals surface area contributed by atoms with Gasteiger partial charge in [0.25, 0.3) is 10.0 Å². The molecular weight excluding hydrogens is 376 g/mol. The first-order chi connectivity index (χ1) is 13.6. The van der Waals surface area contributed by atoms with Crippen molar-refractivity contribution in [1.82, 2.24) is 18.5 Å². The smallest absolute Gasteiger partial charge is 0.269 e. The van der Waals surface area contributed by atoms with Gasteiger partial charge in [0.15, 0.2) is 5.65 Å². The minimum Gasteiger partial charge on any atom is -0.327 e. The summed E-state index contributed by atoms with van der Waals surface area (Å²) in [5.74, 6) is 0.299. The highest BCUT2D eigenvalue weighted by molar-refractivity contribution is 7.90. The molecule has 8 heteroatoms. The van der Waals surface area contributed by atoms with E-state index in [0.717, 1.165) is 29.3 Å². The van der Waals surface area contributed by atoms with Gasteiger partial charge in [0.1, 0.15) is 11.3 Å². The van der Waals surface area contributed by atoms with Gasteiger partial charge >= 0.3 is 0 Å². The van der Waals surface area contributed by atoms with E-state index in [9.17, 15) is 13.2 Å². The molecule has 142 valence electrons. The van der Waals surface area contributed by atoms with Gasteiger partial charge in [-0.2, -0.15) is 0 Å². The number of Topliss-reactive ketones (excluding diaryl/α,β-unsaturated/α-hetero) is 1. The van der Waals surface area contributed by atoms with Crippen LogP contribution in [0.4, 0.5) is 0 Å². The van der Waals surface area contributed by atoms with Gasteiger partial charge in [0.05, 0.1) is 22.9 Å². The summed E-state index contributed by atoms with van der Waals surface area (Å²) in [6.45, 7) is 0. The lowest BCUT2D eigenvalue weighted by Gasteiger charge is -2.23. The molecule has 7 nitrogen and oxygen atoms in total. The number of nitrogens with zero attached hydrogens (tertiary/aromatic N) is 4. The van der Waals surface area contributed by atoms with Gasteiger partial charge < -0.3 is 4.57 Å². The van der Waals surface area contributed by atoms with Gasteiger partial charge in [-0.05, 0) is 31.0 Å². The number of carbonyl (C=O) groups is 1. The number of hydrogen-bond acceptors (Lipinski definition) is 5. The first kappa shape index (κ1) is 17.1. The third-order valence-electron chi connectivity index (χ3n) is 5.42. The fourth-order valence-corrected chi connectivity index (χ4v) is 5.29. The van der Waals surface area contributed by atoms with Crippen LogP contribution in [0, 0.1) is 0 Å². The molecule has 28 heavy (non-hydrogen) atoms. The predicted octanol–water partition coefficient (Wildman–Crippen LogP) is 3.31. The molecule has 0 radical (unpaired) electrons. The molecule has 3 aromatic heterocycles. The van der Waals surface area contributed by atoms with Crippen LogP contribution >= 0.6 is 0 Å². The van der Waals surface area contributed by atoms with Crippen LogP contribution in [0.15, 0.2) is 60.0 Å². The Labute approximate surface area is 161 Å². The number of pyridine rings is 1. The quantitative estimate of drug-likeness (QED) is 0.532. The van der Waals surface area contributed by atoms with E-state index >= 15 is 0 Å². The minimum absolute atomic E-state index is 0.183. The Hall–Kier alpha value is -3.00. The topological polar surface area (TPSA) is 86.8 Å². The molecule has 0 unspecified atom stereocenters. The van der Waals surface area contributed by atoms with E-state index in [1.807, 2.05) is 0 Å². The summed E-state index contributed by atoms with van der Waals surface area (Å²) < 4.78 is 29.4. The minimum atomic E-state index is -3.74. The van der Waals surface area contributed by atoms with Crippen LogP contribution in [0.25, 0.3) is 22.1 Å². The molecule has 0 saturated heterocycles. The van der Waals surface area contributed by atoms with E-state index in [1.54, 1.807) is 55.1 Å². The summed E-state index contributed by atoms with van der Waals surface area (Å²) in [6, 6.07) is 10.3. The summed E-state index contributed by atoms with van der Waals surface area (Å²) in [7, 11) is -3.74. The molecule has 0 atom stereocenters. The highest BCUT2D eigenvalue weighted by Gasteiger charge is 2.25. The third kappa shape index (κ3) is 2.56. The second-order valence-corrected chi connectivity index (χ2v) is 8.90. The maximum absolute atomic E-state index is 13.1. The third-order valence-corrected chi connectivity index (χ3v) is 7.10. The molecule has 1 aliphatic carbocycles. The van der Waals surface area contributed by atoms with Crippen molar-refractivity contribution in [2.24, 2.45) is 0 Å². The summed E-state index contributed by atoms with van der Waals surface area (Å²) in [4.78, 5) is 20.6. The first-order valence-corrected chi connectivity index (χ1v) is 10.6. The molecule has 3 heterocycles. The second kappa shape index (κ2) is 6.27. The van der Waals surface area contributed by atoms with E-state index in [4.69, 9.17) is 0 Å². The second-order valence-electron chi connectivity index (χ2n) is 7.08. The molecule has 0 spiro atoms. The van der Waals surface area contributed by atoms with Crippen LogP contribution in [0.2, 0.25) is 0 Å². The van der Waals surface area contributed by atoms with Gasteiger partial charge in [-0.25, -0.2) is 22.4 Å². The largest absolute Gasteiger partial charge is 0.327 e. The van der Waals surface area contributed by atoms with E-state index in [0.29, 0.717) is 24.3 Å². The molecule has 0 aliphatic heterocycles. The number of hydrogen-bond donors (Lipinski definition) is 0. The van der Waals surface area contributed by atoms with Crippen molar-refractivity contribution in [1.29, 1.82) is 0 Å². The first-order valence-electron chi connectivity index (χ1n) is 9.20. The molecule has 1 aromatic carbocycles. The molecule has 0 amide bonds. The lowest BCUT2D eigenvalue weighted by molar-refractivity contribution is -0.120. The van der Waals surface area contributed by atoms with Crippen molar-refractivity contribution < 1.29 is 13.2 Å². The maximum atomic E-state index is 13.1. The fraction of sp³-hybridized carbons (Fsp3) is 0.250. The SMILES string of the molecule is O=C1CCC(n2cnc3cnc4c(ccn4S(=O)(=O)c4ccccc4)c32)CC1. The molecule has 1 aliphatic rings. The zero-order chi connectivity index (χ0) is 19.3. The average molecular weight is 394 g/mol. The molecule has 0 N–H and O–H groups in total. The van der Waals surface area contributed by atoms with E-state index in [1.165, 1.54) is 3.97 Å². The lowest BCUT2D eigenvalue weighted by Crippen LogP contribution is -2.17. The molecule has 4 aromatic rings. The number of carbonyl (C=O) groups excluding carboxylic acids is 1. The summed E-state index contributed by atoms with van der Waals surface area (Å²) in [5.41, 5.74) is 1.97. The lowest BCUT2D eigenvalue weighted by atomic mass is 9.94. The Morgan fingerprint density at radius 3 is 2.50 bits per heavy atom. The van der Waals surface area contributed by atoms with Crippen LogP contribution in [0.5, 0.6) is 0 Å². The Kier molecular flexibility index (Phi) is 3.83. The number of imidazole rings is 1. The average Bonchev–Trinajstić information content (AvgIpc) is 3.33. The van der Waals surface area contributed by atoms with Crippen molar-refractivity contribution in [2.75, 3.05) is 0 Å². The van der Waals surface area contributed by atoms with E-state index in [-0.39, 0.29) is 10.9 Å². The van der Waals surface area contributed by atoms with Crippen molar-refractivity contribution >= 4 is 37.9 Å². The normalized spacial score (nSPS) is 16.2. The standard InChI is InChI=1S/C20H18N4O3S/c25-15-8-6-14(7-9-15)23-13-22-18-12-21-20-17(19(18)23)10-11-24(20)28(26,27)16-4-2-1-3-5-16/h1-5,10-14H,6-9H2. The Bertz CT molecular complexity index is 1300. The predicted molar refractivity (Wildman–Crippen MR) is 105 cm³/mol. The van der Waals surface area contributed by atoms with E-state index in [2.05, 4.69) is 14.5 Å². The zero-order valence-corrected chi connectivity index (χ0v) is 15.8. The molecular formula is C20H18N4O3S. The van der Waals surface area contributed by atoms with Gasteiger partial charge in [0.2, 0.25) is 0 Å². The van der Waals surface area contributed by atoms with Crippen LogP contribution in [-0.4, -0.2) is 32.7 Å². The number of fused-ring (bicyclic) bond motifs is 3. The summed E-state index contributed by atoms with van der Waals surface area (Å²) in [5, 5.41) is 0.742. The van der Waals surface area contributed by atoms with Crippen molar-refractivity contribution in [2.45, 2.75) is 36.6 Å². The van der Waals surface area contributed by atoms with Gasteiger partial charge in [-0.15, -0.1) is 0 Å². The summed E-state index contributed by atoms with van der Waals surface area (Å²) in [6.07, 6.45) is 7.62. The zero-order valence-electron chi connectivity index (χ0n) is 15.0. The van der Waals surface area contributed by atoms with Crippen LogP contribution in [0.1, 0.15) is 31.7 Å². The Balaban J connectivity index is 1.68. The highest BCUT2D eigenvalue weighted by atomic mass is 32.2. The van der Waals surface area contributed by atoms with Crippen LogP contribution in [0.3, 0.4) is 0 Å². The number of benzene rings is 1. The Morgan fingerprint density at radius 1 is 1.00 bits per heavy atom. The number of ketones is 1. The highest BCUT2D eigenvalue weighted by Crippen LogP contribution is 2.33. The van der Waals surface area contributed by atoms with Crippen molar-refractivity contribution in [3.8, 4) is 0 Å². The van der Waals surface area contributed by atoms with Gasteiger partial charge in [-0.1, -0.05) is 18.2 Å². The van der Waals surface area contributed by atoms with Crippen LogP contribution < -0.4 is 0 Å². The molecule has 1 fully saturated rings. The fourth-order valence-electron chi connectivity index (χ4n) is 3.97. The van der Waals surface area contributed by atoms with Gasteiger partial charge in [0, 0.05) is 30.5 Å². The Morgan fingerprint density at radius 2 is 1.75 bits per heavy atom. The maximum Gasteiger partial charge on any atom is 0.269 e. The summed E-state index contributed by atoms with van der Waals surface area (Å²) >= 11 is 0. The van der Waals surface area contributed by atoms with E-state index < -0.39 is 10.0 Å². The number of aromatic nitrogens is 4. The van der Waals surface area contributed by atoms with Crippen molar-refractivity contribution in [3.05, 3.63) is 55.1 Å².